The standard InChI is InChI=1S/C15H17N3O2/c1-15(2,3)13(14(19)20)18-17-11-8-4-6-10-7-5-9-16-12(10)11/h4-9,17H,1-3H3,(H,19,20)/b18-13-. The van der Waals surface area contributed by atoms with Gasteiger partial charge >= 0.3 is 5.97 Å². The zero-order valence-electron chi connectivity index (χ0n) is 11.7. The maximum absolute atomic E-state index is 11.2. The van der Waals surface area contributed by atoms with Crippen molar-refractivity contribution in [2.24, 2.45) is 10.5 Å². The van der Waals surface area contributed by atoms with Crippen LogP contribution >= 0.6 is 0 Å². The van der Waals surface area contributed by atoms with Gasteiger partial charge in [0.1, 0.15) is 0 Å². The summed E-state index contributed by atoms with van der Waals surface area (Å²) in [5.74, 6) is -1.03. The summed E-state index contributed by atoms with van der Waals surface area (Å²) in [6.45, 7) is 5.43. The lowest BCUT2D eigenvalue weighted by molar-refractivity contribution is -0.129. The predicted molar refractivity (Wildman–Crippen MR) is 79.9 cm³/mol. The molecule has 0 unspecified atom stereocenters. The van der Waals surface area contributed by atoms with E-state index >= 15 is 0 Å². The summed E-state index contributed by atoms with van der Waals surface area (Å²) in [5, 5.41) is 14.2. The minimum Gasteiger partial charge on any atom is -0.477 e. The normalized spacial score (nSPS) is 12.4. The second-order valence-electron chi connectivity index (χ2n) is 5.51. The van der Waals surface area contributed by atoms with Gasteiger partial charge in [-0.25, -0.2) is 4.79 Å². The predicted octanol–water partition coefficient (Wildman–Crippen LogP) is 3.13. The number of nitrogens with one attached hydrogen (secondary N) is 1. The van der Waals surface area contributed by atoms with Crippen molar-refractivity contribution in [1.29, 1.82) is 0 Å². The van der Waals surface area contributed by atoms with Crippen LogP contribution in [0.25, 0.3) is 10.9 Å². The molecule has 0 amide bonds. The van der Waals surface area contributed by atoms with E-state index < -0.39 is 11.4 Å². The maximum Gasteiger partial charge on any atom is 0.352 e. The average molecular weight is 271 g/mol. The molecule has 5 nitrogen and oxygen atoms in total. The SMILES string of the molecule is CC(C)(C)/C(=N\Nc1cccc2cccnc12)C(=O)O. The van der Waals surface area contributed by atoms with Gasteiger partial charge in [-0.1, -0.05) is 39.0 Å². The van der Waals surface area contributed by atoms with Crippen molar-refractivity contribution in [3.05, 3.63) is 36.5 Å². The topological polar surface area (TPSA) is 74.6 Å². The first-order valence-electron chi connectivity index (χ1n) is 6.31. The van der Waals surface area contributed by atoms with E-state index in [1.165, 1.54) is 0 Å². The van der Waals surface area contributed by atoms with Crippen LogP contribution in [0.4, 0.5) is 5.69 Å². The van der Waals surface area contributed by atoms with E-state index in [0.29, 0.717) is 5.69 Å². The van der Waals surface area contributed by atoms with E-state index in [-0.39, 0.29) is 5.71 Å². The summed E-state index contributed by atoms with van der Waals surface area (Å²) in [6, 6.07) is 9.44. The van der Waals surface area contributed by atoms with Gasteiger partial charge in [-0.15, -0.1) is 0 Å². The number of nitrogens with zero attached hydrogens (tertiary/aromatic N) is 2. The molecule has 0 aliphatic heterocycles. The lowest BCUT2D eigenvalue weighted by Crippen LogP contribution is -2.29. The molecule has 2 N–H and O–H groups in total. The Bertz CT molecular complexity index is 667. The number of hydrogen-bond acceptors (Lipinski definition) is 4. The number of hydrogen-bond donors (Lipinski definition) is 2. The number of rotatable bonds is 3. The molecule has 0 fully saturated rings. The third-order valence-electron chi connectivity index (χ3n) is 2.83. The first kappa shape index (κ1) is 14.0. The van der Waals surface area contributed by atoms with E-state index in [1.54, 1.807) is 6.20 Å². The number of pyridine rings is 1. The van der Waals surface area contributed by atoms with Crippen molar-refractivity contribution in [2.45, 2.75) is 20.8 Å². The van der Waals surface area contributed by atoms with Gasteiger partial charge in [0.2, 0.25) is 0 Å². The number of benzene rings is 1. The lowest BCUT2D eigenvalue weighted by atomic mass is 9.90. The number of hydrazone groups is 1. The summed E-state index contributed by atoms with van der Waals surface area (Å²) < 4.78 is 0. The van der Waals surface area contributed by atoms with E-state index in [9.17, 15) is 9.90 Å². The van der Waals surface area contributed by atoms with Gasteiger partial charge in [-0.3, -0.25) is 10.4 Å². The molecule has 1 aromatic carbocycles. The fraction of sp³-hybridized carbons (Fsp3) is 0.267. The molecule has 0 bridgehead atoms. The highest BCUT2D eigenvalue weighted by molar-refractivity contribution is 6.37. The summed E-state index contributed by atoms with van der Waals surface area (Å²) in [4.78, 5) is 15.5. The fourth-order valence-electron chi connectivity index (χ4n) is 1.85. The van der Waals surface area contributed by atoms with Crippen LogP contribution in [-0.2, 0) is 4.79 Å². The summed E-state index contributed by atoms with van der Waals surface area (Å²) in [5.41, 5.74) is 3.80. The average Bonchev–Trinajstić information content (AvgIpc) is 2.37. The number of carbonyl (C=O) groups is 1. The van der Waals surface area contributed by atoms with Gasteiger partial charge in [0, 0.05) is 17.0 Å². The van der Waals surface area contributed by atoms with Gasteiger partial charge in [0.25, 0.3) is 0 Å². The van der Waals surface area contributed by atoms with Crippen LogP contribution in [0.15, 0.2) is 41.6 Å². The molecule has 0 spiro atoms. The molecule has 0 aliphatic carbocycles. The van der Waals surface area contributed by atoms with Crippen LogP contribution in [0.2, 0.25) is 0 Å². The highest BCUT2D eigenvalue weighted by Gasteiger charge is 2.25. The minimum atomic E-state index is -1.03. The fourth-order valence-corrected chi connectivity index (χ4v) is 1.85. The van der Waals surface area contributed by atoms with Crippen LogP contribution in [0.3, 0.4) is 0 Å². The largest absolute Gasteiger partial charge is 0.477 e. The molecule has 1 heterocycles. The van der Waals surface area contributed by atoms with Crippen molar-refractivity contribution in [2.75, 3.05) is 5.43 Å². The van der Waals surface area contributed by atoms with Crippen molar-refractivity contribution < 1.29 is 9.90 Å². The summed E-state index contributed by atoms with van der Waals surface area (Å²) >= 11 is 0. The second kappa shape index (κ2) is 5.28. The number of fused-ring (bicyclic) bond motifs is 1. The van der Waals surface area contributed by atoms with E-state index in [1.807, 2.05) is 51.1 Å². The maximum atomic E-state index is 11.2. The van der Waals surface area contributed by atoms with E-state index in [2.05, 4.69) is 15.5 Å². The third-order valence-corrected chi connectivity index (χ3v) is 2.83. The highest BCUT2D eigenvalue weighted by atomic mass is 16.4. The highest BCUT2D eigenvalue weighted by Crippen LogP contribution is 2.22. The Balaban J connectivity index is 2.40. The molecule has 2 rings (SSSR count). The Kier molecular flexibility index (Phi) is 3.70. The van der Waals surface area contributed by atoms with Crippen molar-refractivity contribution in [1.82, 2.24) is 4.98 Å². The Labute approximate surface area is 117 Å². The Morgan fingerprint density at radius 2 is 1.95 bits per heavy atom. The Hall–Kier alpha value is -2.43. The molecule has 2 aromatic rings. The van der Waals surface area contributed by atoms with Crippen LogP contribution < -0.4 is 5.43 Å². The number of para-hydroxylation sites is 1. The van der Waals surface area contributed by atoms with Gasteiger partial charge in [0.15, 0.2) is 5.71 Å². The van der Waals surface area contributed by atoms with Crippen LogP contribution in [0.5, 0.6) is 0 Å². The summed E-state index contributed by atoms with van der Waals surface area (Å²) in [6.07, 6.45) is 1.69. The van der Waals surface area contributed by atoms with Crippen molar-refractivity contribution in [3.63, 3.8) is 0 Å². The third kappa shape index (κ3) is 2.93. The molecule has 0 atom stereocenters. The lowest BCUT2D eigenvalue weighted by Gasteiger charge is -2.17. The van der Waals surface area contributed by atoms with Crippen molar-refractivity contribution >= 4 is 28.3 Å². The van der Waals surface area contributed by atoms with E-state index in [0.717, 1.165) is 10.9 Å². The summed E-state index contributed by atoms with van der Waals surface area (Å²) in [7, 11) is 0. The van der Waals surface area contributed by atoms with Gasteiger partial charge in [0.05, 0.1) is 11.2 Å². The van der Waals surface area contributed by atoms with Gasteiger partial charge in [-0.05, 0) is 12.1 Å². The number of aliphatic carboxylic acids is 1. The van der Waals surface area contributed by atoms with Gasteiger partial charge in [-0.2, -0.15) is 5.10 Å². The van der Waals surface area contributed by atoms with Crippen molar-refractivity contribution in [3.8, 4) is 0 Å². The second-order valence-corrected chi connectivity index (χ2v) is 5.51. The minimum absolute atomic E-state index is 0.0745. The molecule has 0 aliphatic rings. The van der Waals surface area contributed by atoms with Crippen LogP contribution in [0, 0.1) is 5.41 Å². The van der Waals surface area contributed by atoms with Crippen LogP contribution in [0.1, 0.15) is 20.8 Å². The molecule has 104 valence electrons. The number of anilines is 1. The molecule has 0 saturated heterocycles. The Morgan fingerprint density at radius 3 is 2.60 bits per heavy atom. The Morgan fingerprint density at radius 1 is 1.25 bits per heavy atom. The monoisotopic (exact) mass is 271 g/mol. The number of aromatic nitrogens is 1. The van der Waals surface area contributed by atoms with Gasteiger partial charge < -0.3 is 5.11 Å². The first-order chi connectivity index (χ1) is 9.39. The molecule has 0 saturated carbocycles. The molecule has 1 aromatic heterocycles. The number of carboxylic acids is 1. The smallest absolute Gasteiger partial charge is 0.352 e. The molecular formula is C15H17N3O2. The van der Waals surface area contributed by atoms with Crippen LogP contribution in [-0.4, -0.2) is 21.8 Å². The first-order valence-corrected chi connectivity index (χ1v) is 6.31. The zero-order chi connectivity index (χ0) is 14.8. The number of carboxylic acid groups (broad SMARTS) is 1. The molecule has 0 radical (unpaired) electrons. The zero-order valence-corrected chi connectivity index (χ0v) is 11.7. The molecule has 5 heteroatoms. The molecule has 20 heavy (non-hydrogen) atoms. The molecular weight excluding hydrogens is 254 g/mol. The quantitative estimate of drug-likeness (QED) is 0.664. The van der Waals surface area contributed by atoms with E-state index in [4.69, 9.17) is 0 Å².